The van der Waals surface area contributed by atoms with E-state index in [1.807, 2.05) is 31.2 Å². The van der Waals surface area contributed by atoms with Crippen molar-refractivity contribution in [3.63, 3.8) is 0 Å². The van der Waals surface area contributed by atoms with Crippen LogP contribution in [0.25, 0.3) is 11.0 Å². The Balaban J connectivity index is 1.61. The molecule has 0 saturated carbocycles. The van der Waals surface area contributed by atoms with Gasteiger partial charge in [-0.3, -0.25) is 9.59 Å². The molecule has 0 radical (unpaired) electrons. The Morgan fingerprint density at radius 3 is 2.79 bits per heavy atom. The number of para-hydroxylation sites is 2. The average Bonchev–Trinajstić information content (AvgIpc) is 3.11. The summed E-state index contributed by atoms with van der Waals surface area (Å²) in [5, 5.41) is 6.25. The molecular weight excluding hydrogens is 324 g/mol. The first-order chi connectivity index (χ1) is 11.5. The van der Waals surface area contributed by atoms with Crippen LogP contribution in [-0.4, -0.2) is 27.9 Å². The van der Waals surface area contributed by atoms with Crippen LogP contribution < -0.4 is 10.6 Å². The summed E-state index contributed by atoms with van der Waals surface area (Å²) < 4.78 is 2.09. The number of carbonyl (C=O) groups is 2. The number of carbonyl (C=O) groups excluding carboxylic acids is 2. The topological polar surface area (TPSA) is 76.0 Å². The highest BCUT2D eigenvalue weighted by atomic mass is 32.1. The Labute approximate surface area is 143 Å². The van der Waals surface area contributed by atoms with Gasteiger partial charge < -0.3 is 15.2 Å². The zero-order valence-electron chi connectivity index (χ0n) is 13.5. The van der Waals surface area contributed by atoms with Gasteiger partial charge in [0.25, 0.3) is 5.91 Å². The first-order valence-electron chi connectivity index (χ1n) is 7.62. The van der Waals surface area contributed by atoms with Crippen LogP contribution in [0.15, 0.2) is 36.4 Å². The Kier molecular flexibility index (Phi) is 4.61. The predicted molar refractivity (Wildman–Crippen MR) is 95.4 cm³/mol. The molecule has 0 aliphatic heterocycles. The zero-order valence-corrected chi connectivity index (χ0v) is 14.3. The maximum absolute atomic E-state index is 12.2. The SMILES string of the molecule is CC(=O)Nc1ccc(C(=O)NCCn2c(C)nc3ccccc32)s1. The van der Waals surface area contributed by atoms with Crippen LogP contribution in [0.5, 0.6) is 0 Å². The summed E-state index contributed by atoms with van der Waals surface area (Å²) in [7, 11) is 0. The molecule has 3 aromatic rings. The predicted octanol–water partition coefficient (Wildman–Crippen LogP) is 2.79. The van der Waals surface area contributed by atoms with E-state index < -0.39 is 0 Å². The van der Waals surface area contributed by atoms with E-state index in [9.17, 15) is 9.59 Å². The van der Waals surface area contributed by atoms with Crippen LogP contribution in [0.1, 0.15) is 22.4 Å². The van der Waals surface area contributed by atoms with E-state index in [0.717, 1.165) is 16.9 Å². The summed E-state index contributed by atoms with van der Waals surface area (Å²) in [6, 6.07) is 11.4. The summed E-state index contributed by atoms with van der Waals surface area (Å²) in [5.74, 6) is 0.638. The largest absolute Gasteiger partial charge is 0.350 e. The van der Waals surface area contributed by atoms with E-state index >= 15 is 0 Å². The van der Waals surface area contributed by atoms with Crippen LogP contribution in [0.2, 0.25) is 0 Å². The highest BCUT2D eigenvalue weighted by molar-refractivity contribution is 7.18. The number of aromatic nitrogens is 2. The summed E-state index contributed by atoms with van der Waals surface area (Å²) >= 11 is 1.26. The van der Waals surface area contributed by atoms with Gasteiger partial charge in [0.05, 0.1) is 20.9 Å². The molecule has 124 valence electrons. The van der Waals surface area contributed by atoms with E-state index in [-0.39, 0.29) is 11.8 Å². The van der Waals surface area contributed by atoms with Crippen molar-refractivity contribution >= 4 is 39.2 Å². The first kappa shape index (κ1) is 16.2. The van der Waals surface area contributed by atoms with Crippen molar-refractivity contribution in [2.75, 3.05) is 11.9 Å². The standard InChI is InChI=1S/C17H18N4O2S/c1-11-19-13-5-3-4-6-14(13)21(11)10-9-18-17(23)15-7-8-16(24-15)20-12(2)22/h3-8H,9-10H2,1-2H3,(H,18,23)(H,20,22). The van der Waals surface area contributed by atoms with Crippen LogP contribution >= 0.6 is 11.3 Å². The fourth-order valence-electron chi connectivity index (χ4n) is 2.55. The molecule has 0 atom stereocenters. The number of anilines is 1. The van der Waals surface area contributed by atoms with Gasteiger partial charge in [0.1, 0.15) is 5.82 Å². The van der Waals surface area contributed by atoms with Crippen molar-refractivity contribution < 1.29 is 9.59 Å². The van der Waals surface area contributed by atoms with Gasteiger partial charge >= 0.3 is 0 Å². The van der Waals surface area contributed by atoms with Crippen LogP contribution in [0.3, 0.4) is 0 Å². The minimum atomic E-state index is -0.147. The second kappa shape index (κ2) is 6.84. The molecule has 24 heavy (non-hydrogen) atoms. The molecule has 6 nitrogen and oxygen atoms in total. The van der Waals surface area contributed by atoms with Crippen molar-refractivity contribution in [3.05, 3.63) is 47.1 Å². The third-order valence-corrected chi connectivity index (χ3v) is 4.59. The number of aryl methyl sites for hydroxylation is 1. The number of nitrogens with one attached hydrogen (secondary N) is 2. The van der Waals surface area contributed by atoms with E-state index in [2.05, 4.69) is 20.2 Å². The smallest absolute Gasteiger partial charge is 0.261 e. The fourth-order valence-corrected chi connectivity index (χ4v) is 3.42. The Hall–Kier alpha value is -2.67. The Morgan fingerprint density at radius 2 is 2.00 bits per heavy atom. The van der Waals surface area contributed by atoms with E-state index in [4.69, 9.17) is 0 Å². The molecule has 1 aromatic carbocycles. The zero-order chi connectivity index (χ0) is 17.1. The second-order valence-electron chi connectivity index (χ2n) is 5.40. The second-order valence-corrected chi connectivity index (χ2v) is 6.48. The minimum absolute atomic E-state index is 0.140. The third-order valence-electron chi connectivity index (χ3n) is 3.60. The molecular formula is C17H18N4O2S. The lowest BCUT2D eigenvalue weighted by molar-refractivity contribution is -0.114. The van der Waals surface area contributed by atoms with Crippen molar-refractivity contribution in [1.29, 1.82) is 0 Å². The molecule has 2 aromatic heterocycles. The fraction of sp³-hybridized carbons (Fsp3) is 0.235. The van der Waals surface area contributed by atoms with Crippen molar-refractivity contribution in [1.82, 2.24) is 14.9 Å². The van der Waals surface area contributed by atoms with Gasteiger partial charge in [-0.15, -0.1) is 11.3 Å². The molecule has 0 saturated heterocycles. The van der Waals surface area contributed by atoms with Gasteiger partial charge in [-0.2, -0.15) is 0 Å². The molecule has 3 rings (SSSR count). The quantitative estimate of drug-likeness (QED) is 0.748. The van der Waals surface area contributed by atoms with E-state index in [1.165, 1.54) is 18.3 Å². The van der Waals surface area contributed by atoms with Crippen molar-refractivity contribution in [2.45, 2.75) is 20.4 Å². The number of imidazole rings is 1. The number of amides is 2. The molecule has 0 spiro atoms. The van der Waals surface area contributed by atoms with Crippen molar-refractivity contribution in [3.8, 4) is 0 Å². The molecule has 2 N–H and O–H groups in total. The minimum Gasteiger partial charge on any atom is -0.350 e. The highest BCUT2D eigenvalue weighted by Crippen LogP contribution is 2.21. The molecule has 0 bridgehead atoms. The average molecular weight is 342 g/mol. The lowest BCUT2D eigenvalue weighted by atomic mass is 10.3. The number of hydrogen-bond acceptors (Lipinski definition) is 4. The molecule has 0 fully saturated rings. The van der Waals surface area contributed by atoms with Gasteiger partial charge in [-0.1, -0.05) is 12.1 Å². The summed E-state index contributed by atoms with van der Waals surface area (Å²) in [5.41, 5.74) is 2.02. The first-order valence-corrected chi connectivity index (χ1v) is 8.44. The lowest BCUT2D eigenvalue weighted by Gasteiger charge is -2.08. The Morgan fingerprint density at radius 1 is 1.21 bits per heavy atom. The molecule has 2 amide bonds. The molecule has 7 heteroatoms. The van der Waals surface area contributed by atoms with Crippen LogP contribution in [-0.2, 0) is 11.3 Å². The number of benzene rings is 1. The van der Waals surface area contributed by atoms with Gasteiger partial charge in [0.2, 0.25) is 5.91 Å². The number of thiophene rings is 1. The molecule has 0 aliphatic carbocycles. The number of rotatable bonds is 5. The number of fused-ring (bicyclic) bond motifs is 1. The van der Waals surface area contributed by atoms with Gasteiger partial charge in [0, 0.05) is 20.0 Å². The maximum atomic E-state index is 12.2. The lowest BCUT2D eigenvalue weighted by Crippen LogP contribution is -2.26. The normalized spacial score (nSPS) is 10.8. The van der Waals surface area contributed by atoms with E-state index in [0.29, 0.717) is 23.0 Å². The summed E-state index contributed by atoms with van der Waals surface area (Å²) in [4.78, 5) is 28.3. The maximum Gasteiger partial charge on any atom is 0.261 e. The third kappa shape index (κ3) is 3.46. The van der Waals surface area contributed by atoms with Gasteiger partial charge in [-0.05, 0) is 31.2 Å². The van der Waals surface area contributed by atoms with Crippen LogP contribution in [0, 0.1) is 6.92 Å². The van der Waals surface area contributed by atoms with E-state index in [1.54, 1.807) is 12.1 Å². The van der Waals surface area contributed by atoms with Gasteiger partial charge in [0.15, 0.2) is 0 Å². The van der Waals surface area contributed by atoms with Crippen LogP contribution in [0.4, 0.5) is 5.00 Å². The molecule has 0 aliphatic rings. The monoisotopic (exact) mass is 342 g/mol. The molecule has 2 heterocycles. The van der Waals surface area contributed by atoms with Gasteiger partial charge in [-0.25, -0.2) is 4.98 Å². The van der Waals surface area contributed by atoms with Crippen molar-refractivity contribution in [2.24, 2.45) is 0 Å². The number of hydrogen-bond donors (Lipinski definition) is 2. The summed E-state index contributed by atoms with van der Waals surface area (Å²) in [6.45, 7) is 4.56. The Bertz CT molecular complexity index is 897. The summed E-state index contributed by atoms with van der Waals surface area (Å²) in [6.07, 6.45) is 0. The highest BCUT2D eigenvalue weighted by Gasteiger charge is 2.11. The number of nitrogens with zero attached hydrogens (tertiary/aromatic N) is 2. The molecule has 0 unspecified atom stereocenters.